The lowest BCUT2D eigenvalue weighted by atomic mass is 9.94. The first kappa shape index (κ1) is 16.3. The van der Waals surface area contributed by atoms with E-state index < -0.39 is 5.97 Å². The summed E-state index contributed by atoms with van der Waals surface area (Å²) in [6, 6.07) is 0. The van der Waals surface area contributed by atoms with Gasteiger partial charge in [-0.2, -0.15) is 0 Å². The molecule has 1 aliphatic carbocycles. The predicted octanol–water partition coefficient (Wildman–Crippen LogP) is 2.48. The Kier molecular flexibility index (Phi) is 6.50. The Morgan fingerprint density at radius 1 is 1.24 bits per heavy atom. The molecule has 0 aliphatic heterocycles. The Balaban J connectivity index is 1.66. The maximum atomic E-state index is 12.1. The molecule has 1 aliphatic rings. The Hall–Kier alpha value is -1.08. The van der Waals surface area contributed by atoms with E-state index in [-0.39, 0.29) is 12.3 Å². The van der Waals surface area contributed by atoms with Gasteiger partial charge in [-0.25, -0.2) is 0 Å². The molecule has 116 valence electrons. The van der Waals surface area contributed by atoms with Crippen molar-refractivity contribution in [1.29, 1.82) is 0 Å². The first-order valence-corrected chi connectivity index (χ1v) is 9.61. The van der Waals surface area contributed by atoms with Gasteiger partial charge < -0.3 is 15.4 Å². The van der Waals surface area contributed by atoms with Gasteiger partial charge in [-0.1, -0.05) is 21.6 Å². The molecule has 0 atom stereocenters. The second-order valence-corrected chi connectivity index (χ2v) is 7.62. The van der Waals surface area contributed by atoms with E-state index in [0.29, 0.717) is 18.0 Å². The molecule has 21 heavy (non-hydrogen) atoms. The fourth-order valence-corrected chi connectivity index (χ4v) is 4.25. The van der Waals surface area contributed by atoms with Crippen LogP contribution in [0.2, 0.25) is 0 Å². The second kappa shape index (κ2) is 8.38. The number of fused-ring (bicyclic) bond motifs is 1. The maximum Gasteiger partial charge on any atom is 0.304 e. The van der Waals surface area contributed by atoms with Gasteiger partial charge in [0.15, 0.2) is 0 Å². The molecule has 0 saturated heterocycles. The standard InChI is InChI=1S/C14H20N2O3S2/c17-12(18)5-7-20-21-8-6-15-14(19)13-11-4-2-1-3-10(11)9-16-13/h9,16H,1-8H2,(H,15,19)(H,17,18). The number of amides is 1. The highest BCUT2D eigenvalue weighted by atomic mass is 33.1. The van der Waals surface area contributed by atoms with Crippen molar-refractivity contribution in [3.63, 3.8) is 0 Å². The first-order valence-electron chi connectivity index (χ1n) is 7.12. The number of aromatic nitrogens is 1. The zero-order chi connectivity index (χ0) is 15.1. The Morgan fingerprint density at radius 3 is 2.81 bits per heavy atom. The van der Waals surface area contributed by atoms with E-state index in [2.05, 4.69) is 10.3 Å². The average Bonchev–Trinajstić information content (AvgIpc) is 2.89. The van der Waals surface area contributed by atoms with Gasteiger partial charge in [0, 0.05) is 24.2 Å². The van der Waals surface area contributed by atoms with Crippen LogP contribution in [0.15, 0.2) is 6.20 Å². The van der Waals surface area contributed by atoms with Crippen LogP contribution in [-0.2, 0) is 17.6 Å². The summed E-state index contributed by atoms with van der Waals surface area (Å²) in [6.07, 6.45) is 6.55. The van der Waals surface area contributed by atoms with E-state index in [1.807, 2.05) is 6.20 Å². The summed E-state index contributed by atoms with van der Waals surface area (Å²) in [5.74, 6) is 0.569. The number of aromatic amines is 1. The van der Waals surface area contributed by atoms with Crippen LogP contribution < -0.4 is 5.32 Å². The molecule has 1 aromatic heterocycles. The summed E-state index contributed by atoms with van der Waals surface area (Å²) in [5, 5.41) is 11.4. The number of H-pyrrole nitrogens is 1. The van der Waals surface area contributed by atoms with Crippen LogP contribution in [0.1, 0.15) is 40.9 Å². The monoisotopic (exact) mass is 328 g/mol. The lowest BCUT2D eigenvalue weighted by molar-refractivity contribution is -0.136. The smallest absolute Gasteiger partial charge is 0.304 e. The summed E-state index contributed by atoms with van der Waals surface area (Å²) in [5.41, 5.74) is 3.18. The van der Waals surface area contributed by atoms with Crippen LogP contribution in [0.5, 0.6) is 0 Å². The van der Waals surface area contributed by atoms with Crippen LogP contribution >= 0.6 is 21.6 Å². The van der Waals surface area contributed by atoms with Crippen molar-refractivity contribution < 1.29 is 14.7 Å². The zero-order valence-corrected chi connectivity index (χ0v) is 13.4. The molecule has 0 aromatic carbocycles. The van der Waals surface area contributed by atoms with Crippen molar-refractivity contribution in [2.75, 3.05) is 18.1 Å². The van der Waals surface area contributed by atoms with Crippen LogP contribution in [-0.4, -0.2) is 40.0 Å². The number of rotatable bonds is 8. The van der Waals surface area contributed by atoms with E-state index >= 15 is 0 Å². The largest absolute Gasteiger partial charge is 0.481 e. The third-order valence-corrected chi connectivity index (χ3v) is 5.79. The zero-order valence-electron chi connectivity index (χ0n) is 11.8. The number of carbonyl (C=O) groups is 2. The number of carbonyl (C=O) groups excluding carboxylic acids is 1. The van der Waals surface area contributed by atoms with Gasteiger partial charge in [0.05, 0.1) is 6.42 Å². The van der Waals surface area contributed by atoms with Gasteiger partial charge in [-0.05, 0) is 36.8 Å². The minimum absolute atomic E-state index is 0.0331. The Morgan fingerprint density at radius 2 is 2.00 bits per heavy atom. The van der Waals surface area contributed by atoms with Crippen LogP contribution in [0.3, 0.4) is 0 Å². The topological polar surface area (TPSA) is 82.2 Å². The summed E-state index contributed by atoms with van der Waals surface area (Å²) < 4.78 is 0. The summed E-state index contributed by atoms with van der Waals surface area (Å²) in [4.78, 5) is 25.6. The molecular formula is C14H20N2O3S2. The van der Waals surface area contributed by atoms with Crippen molar-refractivity contribution in [2.24, 2.45) is 0 Å². The molecule has 0 spiro atoms. The van der Waals surface area contributed by atoms with Gasteiger partial charge in [0.1, 0.15) is 5.69 Å². The normalized spacial score (nSPS) is 13.7. The van der Waals surface area contributed by atoms with Crippen molar-refractivity contribution in [3.8, 4) is 0 Å². The molecule has 3 N–H and O–H groups in total. The first-order chi connectivity index (χ1) is 10.2. The van der Waals surface area contributed by atoms with Gasteiger partial charge in [-0.15, -0.1) is 0 Å². The van der Waals surface area contributed by atoms with Gasteiger partial charge in [-0.3, -0.25) is 9.59 Å². The molecule has 0 saturated carbocycles. The molecule has 5 nitrogen and oxygen atoms in total. The highest BCUT2D eigenvalue weighted by Gasteiger charge is 2.19. The van der Waals surface area contributed by atoms with Crippen molar-refractivity contribution in [3.05, 3.63) is 23.0 Å². The molecule has 7 heteroatoms. The van der Waals surface area contributed by atoms with E-state index in [1.54, 1.807) is 10.8 Å². The molecule has 0 fully saturated rings. The molecule has 1 heterocycles. The maximum absolute atomic E-state index is 12.1. The van der Waals surface area contributed by atoms with Crippen LogP contribution in [0.4, 0.5) is 0 Å². The fourth-order valence-electron chi connectivity index (χ4n) is 2.36. The lowest BCUT2D eigenvalue weighted by Crippen LogP contribution is -2.27. The predicted molar refractivity (Wildman–Crippen MR) is 86.9 cm³/mol. The minimum atomic E-state index is -0.770. The van der Waals surface area contributed by atoms with Crippen molar-refractivity contribution in [2.45, 2.75) is 32.1 Å². The van der Waals surface area contributed by atoms with Crippen molar-refractivity contribution >= 4 is 33.5 Å². The molecule has 2 rings (SSSR count). The second-order valence-electron chi connectivity index (χ2n) is 4.92. The number of hydrogen-bond donors (Lipinski definition) is 3. The number of hydrogen-bond acceptors (Lipinski definition) is 4. The number of carboxylic acid groups (broad SMARTS) is 1. The Bertz CT molecular complexity index is 502. The summed E-state index contributed by atoms with van der Waals surface area (Å²) in [6.45, 7) is 0.595. The van der Waals surface area contributed by atoms with Gasteiger partial charge >= 0.3 is 5.97 Å². The number of aliphatic carboxylic acids is 1. The molecule has 0 radical (unpaired) electrons. The van der Waals surface area contributed by atoms with Gasteiger partial charge in [0.25, 0.3) is 5.91 Å². The van der Waals surface area contributed by atoms with Gasteiger partial charge in [0.2, 0.25) is 0 Å². The third kappa shape index (κ3) is 5.00. The Labute approximate surface area is 132 Å². The number of aryl methyl sites for hydroxylation is 1. The van der Waals surface area contributed by atoms with Crippen LogP contribution in [0, 0.1) is 0 Å². The van der Waals surface area contributed by atoms with E-state index in [1.165, 1.54) is 28.3 Å². The SMILES string of the molecule is O=C(O)CCSSCCNC(=O)c1[nH]cc2c1CCCC2. The van der Waals surface area contributed by atoms with Crippen LogP contribution in [0.25, 0.3) is 0 Å². The molecular weight excluding hydrogens is 308 g/mol. The third-order valence-electron chi connectivity index (χ3n) is 3.38. The van der Waals surface area contributed by atoms with E-state index in [0.717, 1.165) is 25.0 Å². The highest BCUT2D eigenvalue weighted by molar-refractivity contribution is 8.76. The van der Waals surface area contributed by atoms with E-state index in [9.17, 15) is 9.59 Å². The van der Waals surface area contributed by atoms with E-state index in [4.69, 9.17) is 5.11 Å². The minimum Gasteiger partial charge on any atom is -0.481 e. The lowest BCUT2D eigenvalue weighted by Gasteiger charge is -2.12. The highest BCUT2D eigenvalue weighted by Crippen LogP contribution is 2.24. The number of nitrogens with one attached hydrogen (secondary N) is 2. The molecule has 1 amide bonds. The average molecular weight is 328 g/mol. The molecule has 1 aromatic rings. The molecule has 0 bridgehead atoms. The number of carboxylic acids is 1. The molecule has 0 unspecified atom stereocenters. The quantitative estimate of drug-likeness (QED) is 0.504. The summed E-state index contributed by atoms with van der Waals surface area (Å²) in [7, 11) is 3.12. The van der Waals surface area contributed by atoms with Crippen molar-refractivity contribution in [1.82, 2.24) is 10.3 Å². The fraction of sp³-hybridized carbons (Fsp3) is 0.571. The summed E-state index contributed by atoms with van der Waals surface area (Å²) >= 11 is 0.